The van der Waals surface area contributed by atoms with Gasteiger partial charge in [0, 0.05) is 0 Å². The van der Waals surface area contributed by atoms with E-state index in [-0.39, 0.29) is 0 Å². The van der Waals surface area contributed by atoms with E-state index >= 15 is 0 Å². The van der Waals surface area contributed by atoms with Gasteiger partial charge in [-0.2, -0.15) is 0 Å². The Hall–Kier alpha value is -2.13. The molecule has 0 saturated heterocycles. The molecule has 0 aliphatic heterocycles. The average molecular weight is 255 g/mol. The number of hydrogen-bond donors (Lipinski definition) is 2. The summed E-state index contributed by atoms with van der Waals surface area (Å²) in [7, 11) is 0. The van der Waals surface area contributed by atoms with Crippen molar-refractivity contribution in [3.05, 3.63) is 59.7 Å². The molecule has 0 aromatic heterocycles. The second-order valence-corrected chi connectivity index (χ2v) is 4.71. The van der Waals surface area contributed by atoms with Crippen LogP contribution in [0, 0.1) is 6.92 Å². The minimum absolute atomic E-state index is 0.351. The van der Waals surface area contributed by atoms with Crippen LogP contribution in [0.2, 0.25) is 0 Å². The van der Waals surface area contributed by atoms with Crippen molar-refractivity contribution in [3.63, 3.8) is 0 Å². The maximum atomic E-state index is 10.7. The third-order valence-corrected chi connectivity index (χ3v) is 3.11. The van der Waals surface area contributed by atoms with Gasteiger partial charge in [-0.15, -0.1) is 0 Å². The monoisotopic (exact) mass is 255 g/mol. The Balaban J connectivity index is 2.14. The fourth-order valence-electron chi connectivity index (χ4n) is 1.92. The van der Waals surface area contributed by atoms with Crippen molar-refractivity contribution in [3.8, 4) is 11.1 Å². The van der Waals surface area contributed by atoms with Gasteiger partial charge in [0.2, 0.25) is 0 Å². The van der Waals surface area contributed by atoms with Gasteiger partial charge in [-0.25, -0.2) is 0 Å². The third kappa shape index (κ3) is 3.42. The highest BCUT2D eigenvalue weighted by Crippen LogP contribution is 2.20. The van der Waals surface area contributed by atoms with E-state index in [1.165, 1.54) is 5.56 Å². The van der Waals surface area contributed by atoms with Crippen LogP contribution in [0.1, 0.15) is 11.1 Å². The van der Waals surface area contributed by atoms with E-state index < -0.39 is 12.0 Å². The Labute approximate surface area is 112 Å². The topological polar surface area (TPSA) is 63.3 Å². The molecule has 0 bridgehead atoms. The zero-order chi connectivity index (χ0) is 13.8. The normalized spacial score (nSPS) is 12.1. The zero-order valence-electron chi connectivity index (χ0n) is 10.8. The lowest BCUT2D eigenvalue weighted by Gasteiger charge is -2.08. The molecule has 3 nitrogen and oxygen atoms in total. The van der Waals surface area contributed by atoms with Gasteiger partial charge in [0.15, 0.2) is 0 Å². The summed E-state index contributed by atoms with van der Waals surface area (Å²) >= 11 is 0. The molecule has 1 atom stereocenters. The summed E-state index contributed by atoms with van der Waals surface area (Å²) in [5.74, 6) is -0.970. The molecule has 0 saturated carbocycles. The van der Waals surface area contributed by atoms with Crippen LogP contribution in [-0.2, 0) is 11.2 Å². The number of benzene rings is 2. The predicted octanol–water partition coefficient (Wildman–Crippen LogP) is 2.62. The molecule has 0 spiro atoms. The Morgan fingerprint density at radius 3 is 2.00 bits per heavy atom. The molecule has 2 rings (SSSR count). The average Bonchev–Trinajstić information content (AvgIpc) is 2.40. The number of aryl methyl sites for hydroxylation is 1. The predicted molar refractivity (Wildman–Crippen MR) is 75.9 cm³/mol. The Bertz CT molecular complexity index is 558. The summed E-state index contributed by atoms with van der Waals surface area (Å²) in [6.07, 6.45) is 0.351. The molecule has 0 radical (unpaired) electrons. The first kappa shape index (κ1) is 13.3. The number of carbonyl (C=O) groups is 1. The number of nitrogens with two attached hydrogens (primary N) is 1. The van der Waals surface area contributed by atoms with Gasteiger partial charge >= 0.3 is 5.97 Å². The molecule has 3 heteroatoms. The summed E-state index contributed by atoms with van der Waals surface area (Å²) in [6, 6.07) is 15.3. The number of aliphatic carboxylic acids is 1. The molecule has 0 aliphatic carbocycles. The lowest BCUT2D eigenvalue weighted by Crippen LogP contribution is -2.32. The maximum absolute atomic E-state index is 10.7. The van der Waals surface area contributed by atoms with Crippen LogP contribution in [0.25, 0.3) is 11.1 Å². The van der Waals surface area contributed by atoms with E-state index in [2.05, 4.69) is 31.2 Å². The second kappa shape index (κ2) is 5.67. The van der Waals surface area contributed by atoms with Crippen molar-refractivity contribution in [1.82, 2.24) is 0 Å². The van der Waals surface area contributed by atoms with Gasteiger partial charge in [0.25, 0.3) is 0 Å². The summed E-state index contributed by atoms with van der Waals surface area (Å²) in [4.78, 5) is 10.7. The molecule has 19 heavy (non-hydrogen) atoms. The Morgan fingerprint density at radius 2 is 1.53 bits per heavy atom. The fourth-order valence-corrected chi connectivity index (χ4v) is 1.92. The van der Waals surface area contributed by atoms with Crippen molar-refractivity contribution >= 4 is 5.97 Å². The highest BCUT2D eigenvalue weighted by atomic mass is 16.4. The summed E-state index contributed by atoms with van der Waals surface area (Å²) in [6.45, 7) is 2.06. The smallest absolute Gasteiger partial charge is 0.320 e. The quantitative estimate of drug-likeness (QED) is 0.882. The largest absolute Gasteiger partial charge is 0.480 e. The number of carboxylic acids is 1. The summed E-state index contributed by atoms with van der Waals surface area (Å²) < 4.78 is 0. The molecule has 2 aromatic carbocycles. The summed E-state index contributed by atoms with van der Waals surface area (Å²) in [5.41, 5.74) is 9.95. The third-order valence-electron chi connectivity index (χ3n) is 3.11. The van der Waals surface area contributed by atoms with E-state index in [0.29, 0.717) is 6.42 Å². The van der Waals surface area contributed by atoms with Gasteiger partial charge in [-0.05, 0) is 30.0 Å². The van der Waals surface area contributed by atoms with Gasteiger partial charge in [-0.1, -0.05) is 54.1 Å². The van der Waals surface area contributed by atoms with Crippen LogP contribution in [0.3, 0.4) is 0 Å². The van der Waals surface area contributed by atoms with Crippen molar-refractivity contribution in [2.45, 2.75) is 19.4 Å². The standard InChI is InChI=1S/C16H17NO2/c1-11-2-6-13(7-3-11)14-8-4-12(5-9-14)10-15(17)16(18)19/h2-9,15H,10,17H2,1H3,(H,18,19)/t15-/m0/s1. The van der Waals surface area contributed by atoms with Crippen molar-refractivity contribution in [2.75, 3.05) is 0 Å². The van der Waals surface area contributed by atoms with Crippen LogP contribution < -0.4 is 5.73 Å². The van der Waals surface area contributed by atoms with Crippen LogP contribution in [0.4, 0.5) is 0 Å². The number of hydrogen-bond acceptors (Lipinski definition) is 2. The fraction of sp³-hybridized carbons (Fsp3) is 0.188. The van der Waals surface area contributed by atoms with Gasteiger partial charge in [0.1, 0.15) is 6.04 Å². The first-order valence-electron chi connectivity index (χ1n) is 6.20. The molecule has 3 N–H and O–H groups in total. The maximum Gasteiger partial charge on any atom is 0.320 e. The SMILES string of the molecule is Cc1ccc(-c2ccc(C[C@H](N)C(=O)O)cc2)cc1. The minimum atomic E-state index is -0.970. The Morgan fingerprint density at radius 1 is 1.05 bits per heavy atom. The van der Waals surface area contributed by atoms with Crippen LogP contribution in [-0.4, -0.2) is 17.1 Å². The molecule has 0 aliphatic rings. The van der Waals surface area contributed by atoms with Crippen molar-refractivity contribution < 1.29 is 9.90 Å². The van der Waals surface area contributed by atoms with E-state index in [1.807, 2.05) is 24.3 Å². The molecule has 98 valence electrons. The molecular formula is C16H17NO2. The van der Waals surface area contributed by atoms with Gasteiger partial charge < -0.3 is 10.8 Å². The van der Waals surface area contributed by atoms with Crippen molar-refractivity contribution in [2.24, 2.45) is 5.73 Å². The van der Waals surface area contributed by atoms with E-state index in [1.54, 1.807) is 0 Å². The first-order valence-corrected chi connectivity index (χ1v) is 6.20. The Kier molecular flexibility index (Phi) is 3.97. The van der Waals surface area contributed by atoms with Crippen LogP contribution in [0.15, 0.2) is 48.5 Å². The number of carboxylic acid groups (broad SMARTS) is 1. The van der Waals surface area contributed by atoms with Crippen molar-refractivity contribution in [1.29, 1.82) is 0 Å². The van der Waals surface area contributed by atoms with E-state index in [0.717, 1.165) is 16.7 Å². The highest BCUT2D eigenvalue weighted by Gasteiger charge is 2.11. The first-order chi connectivity index (χ1) is 9.06. The van der Waals surface area contributed by atoms with Gasteiger partial charge in [-0.3, -0.25) is 4.79 Å². The van der Waals surface area contributed by atoms with Crippen LogP contribution in [0.5, 0.6) is 0 Å². The van der Waals surface area contributed by atoms with E-state index in [4.69, 9.17) is 10.8 Å². The molecule has 0 unspecified atom stereocenters. The zero-order valence-corrected chi connectivity index (χ0v) is 10.8. The lowest BCUT2D eigenvalue weighted by molar-refractivity contribution is -0.138. The van der Waals surface area contributed by atoms with Crippen LogP contribution >= 0.6 is 0 Å². The van der Waals surface area contributed by atoms with E-state index in [9.17, 15) is 4.79 Å². The molecule has 0 fully saturated rings. The lowest BCUT2D eigenvalue weighted by atomic mass is 10.0. The highest BCUT2D eigenvalue weighted by molar-refractivity contribution is 5.73. The second-order valence-electron chi connectivity index (χ2n) is 4.71. The minimum Gasteiger partial charge on any atom is -0.480 e. The van der Waals surface area contributed by atoms with Gasteiger partial charge in [0.05, 0.1) is 0 Å². The molecule has 2 aromatic rings. The number of rotatable bonds is 4. The molecule has 0 amide bonds. The summed E-state index contributed by atoms with van der Waals surface area (Å²) in [5, 5.41) is 8.78. The molecular weight excluding hydrogens is 238 g/mol. The molecule has 0 heterocycles.